The van der Waals surface area contributed by atoms with Crippen molar-refractivity contribution in [3.63, 3.8) is 0 Å². The van der Waals surface area contributed by atoms with Crippen molar-refractivity contribution in [3.8, 4) is 0 Å². The largest absolute Gasteiger partial charge is 0.481 e. The van der Waals surface area contributed by atoms with Crippen molar-refractivity contribution in [1.82, 2.24) is 0 Å². The second-order valence-corrected chi connectivity index (χ2v) is 5.36. The van der Waals surface area contributed by atoms with Gasteiger partial charge in [0.1, 0.15) is 6.29 Å². The number of aliphatic carboxylic acids is 1. The van der Waals surface area contributed by atoms with Gasteiger partial charge in [-0.25, -0.2) is 0 Å². The molecule has 0 aliphatic rings. The van der Waals surface area contributed by atoms with Crippen LogP contribution >= 0.6 is 0 Å². The van der Waals surface area contributed by atoms with E-state index in [4.69, 9.17) is 5.11 Å². The Morgan fingerprint density at radius 1 is 0.905 bits per heavy atom. The normalized spacial score (nSPS) is 9.57. The smallest absolute Gasteiger partial charge is 0.303 e. The summed E-state index contributed by atoms with van der Waals surface area (Å²) in [6, 6.07) is 0. The van der Waals surface area contributed by atoms with Gasteiger partial charge >= 0.3 is 5.97 Å². The Morgan fingerprint density at radius 3 is 1.95 bits per heavy atom. The van der Waals surface area contributed by atoms with Crippen molar-refractivity contribution < 1.29 is 14.7 Å². The Morgan fingerprint density at radius 2 is 1.43 bits per heavy atom. The van der Waals surface area contributed by atoms with Crippen LogP contribution in [0, 0.1) is 0 Å². The first kappa shape index (κ1) is 22.2. The topological polar surface area (TPSA) is 54.4 Å². The average Bonchev–Trinajstić information content (AvgIpc) is 2.47. The molecule has 0 unspecified atom stereocenters. The molecule has 3 heteroatoms. The Labute approximate surface area is 130 Å². The second kappa shape index (κ2) is 21.2. The van der Waals surface area contributed by atoms with Gasteiger partial charge in [0.15, 0.2) is 0 Å². The summed E-state index contributed by atoms with van der Waals surface area (Å²) in [4.78, 5) is 20.1. The minimum Gasteiger partial charge on any atom is -0.481 e. The second-order valence-electron chi connectivity index (χ2n) is 5.36. The van der Waals surface area contributed by atoms with Gasteiger partial charge < -0.3 is 9.90 Å². The first-order valence-electron chi connectivity index (χ1n) is 8.45. The maximum absolute atomic E-state index is 10.1. The molecule has 0 radical (unpaired) electrons. The summed E-state index contributed by atoms with van der Waals surface area (Å²) in [6.07, 6.45) is 16.6. The van der Waals surface area contributed by atoms with Crippen LogP contribution in [0.2, 0.25) is 0 Å². The molecule has 0 saturated carbocycles. The van der Waals surface area contributed by atoms with Crippen LogP contribution in [0.3, 0.4) is 0 Å². The molecule has 0 fully saturated rings. The number of allylic oxidation sites excluding steroid dienone is 1. The summed E-state index contributed by atoms with van der Waals surface area (Å²) < 4.78 is 0. The standard InChI is InChI=1S/C10H18O3.C8H16/c11-9-7-5-3-1-2-4-6-8-10(12)13;1-3-5-7-8-6-4-2/h9H,1-8H2,(H,12,13);3H,1,4-8H2,2H3. The first-order valence-corrected chi connectivity index (χ1v) is 8.45. The highest BCUT2D eigenvalue weighted by atomic mass is 16.4. The summed E-state index contributed by atoms with van der Waals surface area (Å²) in [5.74, 6) is -0.707. The van der Waals surface area contributed by atoms with Gasteiger partial charge in [-0.15, -0.1) is 6.58 Å². The molecule has 0 atom stereocenters. The van der Waals surface area contributed by atoms with E-state index in [0.29, 0.717) is 6.42 Å². The van der Waals surface area contributed by atoms with Gasteiger partial charge in [-0.2, -0.15) is 0 Å². The summed E-state index contributed by atoms with van der Waals surface area (Å²) in [5, 5.41) is 8.35. The molecular formula is C18H34O3. The summed E-state index contributed by atoms with van der Waals surface area (Å²) in [6.45, 7) is 5.89. The lowest BCUT2D eigenvalue weighted by molar-refractivity contribution is -0.137. The molecular weight excluding hydrogens is 264 g/mol. The number of carbonyl (C=O) groups is 2. The van der Waals surface area contributed by atoms with E-state index in [-0.39, 0.29) is 6.42 Å². The zero-order valence-electron chi connectivity index (χ0n) is 13.8. The van der Waals surface area contributed by atoms with Crippen LogP contribution in [0.25, 0.3) is 0 Å². The average molecular weight is 298 g/mol. The third-order valence-corrected chi connectivity index (χ3v) is 3.22. The SMILES string of the molecule is C=CCCCCCC.O=CCCCCCCCCC(=O)O. The van der Waals surface area contributed by atoms with Crippen LogP contribution in [0.4, 0.5) is 0 Å². The van der Waals surface area contributed by atoms with Crippen molar-refractivity contribution in [1.29, 1.82) is 0 Å². The predicted molar refractivity (Wildman–Crippen MR) is 89.6 cm³/mol. The fourth-order valence-corrected chi connectivity index (χ4v) is 1.93. The number of carboxylic acids is 1. The van der Waals surface area contributed by atoms with Gasteiger partial charge in [0.25, 0.3) is 0 Å². The van der Waals surface area contributed by atoms with Crippen molar-refractivity contribution in [2.24, 2.45) is 0 Å². The van der Waals surface area contributed by atoms with Gasteiger partial charge in [-0.3, -0.25) is 4.79 Å². The van der Waals surface area contributed by atoms with E-state index >= 15 is 0 Å². The van der Waals surface area contributed by atoms with Gasteiger partial charge in [0.2, 0.25) is 0 Å². The lowest BCUT2D eigenvalue weighted by Gasteiger charge is -1.98. The maximum Gasteiger partial charge on any atom is 0.303 e. The molecule has 0 amide bonds. The number of rotatable bonds is 14. The molecule has 21 heavy (non-hydrogen) atoms. The van der Waals surface area contributed by atoms with E-state index in [2.05, 4.69) is 13.5 Å². The number of carboxylic acid groups (broad SMARTS) is 1. The van der Waals surface area contributed by atoms with Crippen molar-refractivity contribution >= 4 is 12.3 Å². The Bertz CT molecular complexity index is 237. The highest BCUT2D eigenvalue weighted by molar-refractivity contribution is 5.66. The number of aldehydes is 1. The number of hydrogen-bond acceptors (Lipinski definition) is 2. The molecule has 1 N–H and O–H groups in total. The minimum atomic E-state index is -0.707. The number of unbranched alkanes of at least 4 members (excludes halogenated alkanes) is 10. The number of carbonyl (C=O) groups excluding carboxylic acids is 1. The lowest BCUT2D eigenvalue weighted by atomic mass is 10.1. The molecule has 3 nitrogen and oxygen atoms in total. The fourth-order valence-electron chi connectivity index (χ4n) is 1.93. The third kappa shape index (κ3) is 27.9. The van der Waals surface area contributed by atoms with E-state index in [1.807, 2.05) is 6.08 Å². The van der Waals surface area contributed by atoms with Crippen LogP contribution in [0.5, 0.6) is 0 Å². The van der Waals surface area contributed by atoms with Crippen LogP contribution in [0.15, 0.2) is 12.7 Å². The Hall–Kier alpha value is -1.12. The molecule has 0 aromatic rings. The molecule has 124 valence electrons. The zero-order chi connectivity index (χ0) is 16.2. The lowest BCUT2D eigenvalue weighted by Crippen LogP contribution is -1.93. The van der Waals surface area contributed by atoms with Gasteiger partial charge in [-0.05, 0) is 25.7 Å². The monoisotopic (exact) mass is 298 g/mol. The third-order valence-electron chi connectivity index (χ3n) is 3.22. The Balaban J connectivity index is 0. The van der Waals surface area contributed by atoms with Crippen molar-refractivity contribution in [3.05, 3.63) is 12.7 Å². The van der Waals surface area contributed by atoms with Gasteiger partial charge in [0, 0.05) is 12.8 Å². The predicted octanol–water partition coefficient (Wildman–Crippen LogP) is 5.53. The van der Waals surface area contributed by atoms with Crippen molar-refractivity contribution in [2.45, 2.75) is 90.4 Å². The molecule has 0 saturated heterocycles. The van der Waals surface area contributed by atoms with Crippen LogP contribution in [-0.4, -0.2) is 17.4 Å². The summed E-state index contributed by atoms with van der Waals surface area (Å²) >= 11 is 0. The highest BCUT2D eigenvalue weighted by Gasteiger charge is 1.96. The quantitative estimate of drug-likeness (QED) is 0.260. The van der Waals surface area contributed by atoms with E-state index in [9.17, 15) is 9.59 Å². The van der Waals surface area contributed by atoms with E-state index in [0.717, 1.165) is 44.8 Å². The molecule has 0 heterocycles. The molecule has 0 aromatic heterocycles. The summed E-state index contributed by atoms with van der Waals surface area (Å²) in [7, 11) is 0. The fraction of sp³-hybridized carbons (Fsp3) is 0.778. The van der Waals surface area contributed by atoms with Crippen LogP contribution < -0.4 is 0 Å². The first-order chi connectivity index (χ1) is 10.2. The van der Waals surface area contributed by atoms with E-state index in [1.54, 1.807) is 0 Å². The van der Waals surface area contributed by atoms with Gasteiger partial charge in [0.05, 0.1) is 0 Å². The van der Waals surface area contributed by atoms with Crippen LogP contribution in [0.1, 0.15) is 90.4 Å². The van der Waals surface area contributed by atoms with Gasteiger partial charge in [-0.1, -0.05) is 57.9 Å². The molecule has 0 aliphatic carbocycles. The summed E-state index contributed by atoms with van der Waals surface area (Å²) in [5.41, 5.74) is 0. The zero-order valence-corrected chi connectivity index (χ0v) is 13.8. The molecule has 0 aromatic carbocycles. The van der Waals surface area contributed by atoms with Crippen LogP contribution in [-0.2, 0) is 9.59 Å². The van der Waals surface area contributed by atoms with Crippen molar-refractivity contribution in [2.75, 3.05) is 0 Å². The van der Waals surface area contributed by atoms with E-state index < -0.39 is 5.97 Å². The highest BCUT2D eigenvalue weighted by Crippen LogP contribution is 2.07. The minimum absolute atomic E-state index is 0.286. The molecule has 0 bridgehead atoms. The molecule has 0 rings (SSSR count). The maximum atomic E-state index is 10.1. The van der Waals surface area contributed by atoms with E-state index in [1.165, 1.54) is 32.1 Å². The molecule has 0 spiro atoms. The molecule has 0 aliphatic heterocycles. The Kier molecular flexibility index (Phi) is 22.4. The number of hydrogen-bond donors (Lipinski definition) is 1.